The van der Waals surface area contributed by atoms with Gasteiger partial charge in [0.2, 0.25) is 6.08 Å². The fraction of sp³-hybridized carbons (Fsp3) is 0. The number of isocyanates is 1. The van der Waals surface area contributed by atoms with Crippen molar-refractivity contribution in [2.45, 2.75) is 0 Å². The molecule has 0 radical (unpaired) electrons. The van der Waals surface area contributed by atoms with E-state index in [4.69, 9.17) is 25.3 Å². The van der Waals surface area contributed by atoms with Gasteiger partial charge in [-0.05, 0) is 0 Å². The summed E-state index contributed by atoms with van der Waals surface area (Å²) in [6.07, 6.45) is 0.750. The van der Waals surface area contributed by atoms with Crippen molar-refractivity contribution < 1.29 is 19.9 Å². The van der Waals surface area contributed by atoms with Crippen molar-refractivity contribution in [3.63, 3.8) is 0 Å². The molecule has 0 aliphatic heterocycles. The lowest BCUT2D eigenvalue weighted by Crippen LogP contribution is -2.07. The molecule has 0 aromatic heterocycles. The van der Waals surface area contributed by atoms with Gasteiger partial charge < -0.3 is 15.1 Å². The van der Waals surface area contributed by atoms with Crippen LogP contribution in [0.3, 0.4) is 0 Å². The summed E-state index contributed by atoms with van der Waals surface area (Å²) < 4.78 is 0. The molecular formula is CH4BNO4. The van der Waals surface area contributed by atoms with Crippen LogP contribution in [0.4, 0.5) is 0 Å². The van der Waals surface area contributed by atoms with Gasteiger partial charge >= 0.3 is 7.32 Å². The molecular weight excluding hydrogens is 101 g/mol. The number of carbonyl (C=O) groups excluding carboxylic acids is 1. The van der Waals surface area contributed by atoms with Gasteiger partial charge in [-0.1, -0.05) is 0 Å². The second-order valence-corrected chi connectivity index (χ2v) is 0.448. The van der Waals surface area contributed by atoms with Gasteiger partial charge in [-0.15, -0.1) is 0 Å². The Morgan fingerprint density at radius 2 is 1.43 bits per heavy atom. The maximum Gasteiger partial charge on any atom is 0.631 e. The summed E-state index contributed by atoms with van der Waals surface area (Å²) in [5.74, 6) is 0. The van der Waals surface area contributed by atoms with Gasteiger partial charge in [0.25, 0.3) is 0 Å². The van der Waals surface area contributed by atoms with Gasteiger partial charge in [-0.25, -0.2) is 10.2 Å². The Bertz CT molecular complexity index is 54.0. The average Bonchev–Trinajstić information content (AvgIpc) is 1.33. The van der Waals surface area contributed by atoms with E-state index in [-0.39, 0.29) is 0 Å². The highest BCUT2D eigenvalue weighted by Gasteiger charge is 1.92. The van der Waals surface area contributed by atoms with E-state index in [0.717, 1.165) is 6.08 Å². The van der Waals surface area contributed by atoms with Gasteiger partial charge in [-0.3, -0.25) is 0 Å². The molecule has 5 nitrogen and oxygen atoms in total. The lowest BCUT2D eigenvalue weighted by atomic mass is 10.3. The molecule has 0 bridgehead atoms. The van der Waals surface area contributed by atoms with Crippen molar-refractivity contribution in [2.24, 2.45) is 0 Å². The fourth-order valence-corrected chi connectivity index (χ4v) is 0. The van der Waals surface area contributed by atoms with Crippen LogP contribution in [0.25, 0.3) is 0 Å². The van der Waals surface area contributed by atoms with Crippen LogP contribution < -0.4 is 0 Å². The zero-order valence-corrected chi connectivity index (χ0v) is 3.33. The smallest absolute Gasteiger partial charge is 0.402 e. The molecule has 0 rings (SSSR count). The molecule has 0 unspecified atom stereocenters. The Hall–Kier alpha value is -0.675. The Morgan fingerprint density at radius 1 is 1.43 bits per heavy atom. The number of hydrogen-bond donors (Lipinski definition) is 4. The summed E-state index contributed by atoms with van der Waals surface area (Å²) in [5, 5.41) is 26.9. The third kappa shape index (κ3) is 129. The van der Waals surface area contributed by atoms with Gasteiger partial charge in [0.15, 0.2) is 0 Å². The summed E-state index contributed by atoms with van der Waals surface area (Å²) in [6, 6.07) is 0. The van der Waals surface area contributed by atoms with E-state index >= 15 is 0 Å². The standard InChI is InChI=1S/CHNO.BH3O3/c2-1-3;2-1(3)4/h2H;2-4H. The second kappa shape index (κ2) is 9.01. The van der Waals surface area contributed by atoms with Crippen LogP contribution in [0.2, 0.25) is 0 Å². The molecule has 4 N–H and O–H groups in total. The van der Waals surface area contributed by atoms with Gasteiger partial charge in [0.05, 0.1) is 0 Å². The molecule has 0 aliphatic rings. The first-order chi connectivity index (χ1) is 3.15. The Morgan fingerprint density at radius 3 is 1.43 bits per heavy atom. The molecule has 0 saturated carbocycles. The molecule has 0 atom stereocenters. The molecule has 0 amide bonds. The SMILES string of the molecule is N=C=O.OB(O)O. The van der Waals surface area contributed by atoms with E-state index in [1.807, 2.05) is 0 Å². The largest absolute Gasteiger partial charge is 0.631 e. The maximum atomic E-state index is 8.35. The monoisotopic (exact) mass is 105 g/mol. The molecule has 0 aliphatic carbocycles. The highest BCUT2D eigenvalue weighted by Crippen LogP contribution is 1.40. The van der Waals surface area contributed by atoms with Gasteiger partial charge in [-0.2, -0.15) is 0 Å². The van der Waals surface area contributed by atoms with E-state index < -0.39 is 7.32 Å². The van der Waals surface area contributed by atoms with Gasteiger partial charge in [0, 0.05) is 0 Å². The second-order valence-electron chi connectivity index (χ2n) is 0.448. The Balaban J connectivity index is 0. The van der Waals surface area contributed by atoms with E-state index in [1.165, 1.54) is 0 Å². The zero-order valence-electron chi connectivity index (χ0n) is 3.33. The highest BCUT2D eigenvalue weighted by molar-refractivity contribution is 6.30. The number of rotatable bonds is 0. The molecule has 0 aromatic carbocycles. The maximum absolute atomic E-state index is 8.35. The van der Waals surface area contributed by atoms with Crippen molar-refractivity contribution >= 4 is 13.4 Å². The molecule has 7 heavy (non-hydrogen) atoms. The topological polar surface area (TPSA) is 102 Å². The minimum Gasteiger partial charge on any atom is -0.402 e. The summed E-state index contributed by atoms with van der Waals surface area (Å²) in [6.45, 7) is 0. The minimum absolute atomic E-state index is 0.750. The molecule has 0 spiro atoms. The summed E-state index contributed by atoms with van der Waals surface area (Å²) in [5.41, 5.74) is 0. The molecule has 6 heteroatoms. The van der Waals surface area contributed by atoms with Crippen molar-refractivity contribution in [1.29, 1.82) is 5.41 Å². The normalized spacial score (nSPS) is 5.00. The van der Waals surface area contributed by atoms with E-state index in [2.05, 4.69) is 0 Å². The van der Waals surface area contributed by atoms with Crippen molar-refractivity contribution in [2.75, 3.05) is 0 Å². The third-order valence-electron chi connectivity index (χ3n) is 0. The van der Waals surface area contributed by atoms with E-state index in [0.29, 0.717) is 0 Å². The van der Waals surface area contributed by atoms with Crippen LogP contribution in [0, 0.1) is 5.41 Å². The lowest BCUT2D eigenvalue weighted by molar-refractivity contribution is 0.278. The van der Waals surface area contributed by atoms with Crippen LogP contribution in [0.1, 0.15) is 0 Å². The van der Waals surface area contributed by atoms with Crippen LogP contribution in [0.15, 0.2) is 0 Å². The summed E-state index contributed by atoms with van der Waals surface area (Å²) in [7, 11) is -2.17. The third-order valence-corrected chi connectivity index (χ3v) is 0. The fourth-order valence-electron chi connectivity index (χ4n) is 0. The van der Waals surface area contributed by atoms with Crippen molar-refractivity contribution in [3.8, 4) is 0 Å². The van der Waals surface area contributed by atoms with Crippen molar-refractivity contribution in [1.82, 2.24) is 0 Å². The van der Waals surface area contributed by atoms with E-state index in [1.54, 1.807) is 0 Å². The summed E-state index contributed by atoms with van der Waals surface area (Å²) in [4.78, 5) is 8.35. The Kier molecular flexibility index (Phi) is 12.3. The first kappa shape index (κ1) is 9.59. The molecule has 0 heterocycles. The van der Waals surface area contributed by atoms with Gasteiger partial charge in [0.1, 0.15) is 0 Å². The molecule has 0 aromatic rings. The van der Waals surface area contributed by atoms with Crippen LogP contribution in [-0.4, -0.2) is 28.5 Å². The quantitative estimate of drug-likeness (QED) is 0.160. The minimum atomic E-state index is -2.17. The van der Waals surface area contributed by atoms with Crippen LogP contribution in [-0.2, 0) is 4.79 Å². The molecule has 40 valence electrons. The first-order valence-corrected chi connectivity index (χ1v) is 1.23. The predicted octanol–water partition coefficient (Wildman–Crippen LogP) is -2.15. The first-order valence-electron chi connectivity index (χ1n) is 1.23. The average molecular weight is 105 g/mol. The molecule has 0 saturated heterocycles. The summed E-state index contributed by atoms with van der Waals surface area (Å²) >= 11 is 0. The molecule has 0 fully saturated rings. The zero-order chi connectivity index (χ0) is 6.28. The van der Waals surface area contributed by atoms with Crippen LogP contribution >= 0.6 is 0 Å². The predicted molar refractivity (Wildman–Crippen MR) is 20.8 cm³/mol. The number of nitrogens with one attached hydrogen (secondary N) is 1. The number of hydrogen-bond acceptors (Lipinski definition) is 5. The van der Waals surface area contributed by atoms with Crippen molar-refractivity contribution in [3.05, 3.63) is 0 Å². The van der Waals surface area contributed by atoms with E-state index in [9.17, 15) is 0 Å². The lowest BCUT2D eigenvalue weighted by Gasteiger charge is -1.69. The highest BCUT2D eigenvalue weighted by atomic mass is 16.5. The Labute approximate surface area is 39.9 Å². The van der Waals surface area contributed by atoms with Crippen LogP contribution in [0.5, 0.6) is 0 Å².